The summed E-state index contributed by atoms with van der Waals surface area (Å²) in [6.45, 7) is 4.35. The van der Waals surface area contributed by atoms with Crippen LogP contribution in [0.2, 0.25) is 0 Å². The van der Waals surface area contributed by atoms with Crippen molar-refractivity contribution in [3.63, 3.8) is 0 Å². The lowest BCUT2D eigenvalue weighted by Crippen LogP contribution is -2.51. The molecule has 4 nitrogen and oxygen atoms in total. The van der Waals surface area contributed by atoms with Gasteiger partial charge >= 0.3 is 0 Å². The normalized spacial score (nSPS) is 19.9. The van der Waals surface area contributed by atoms with Gasteiger partial charge in [-0.15, -0.1) is 0 Å². The van der Waals surface area contributed by atoms with E-state index in [4.69, 9.17) is 4.42 Å². The molecule has 0 unspecified atom stereocenters. The van der Waals surface area contributed by atoms with E-state index in [1.165, 1.54) is 0 Å². The molecule has 0 aliphatic carbocycles. The Bertz CT molecular complexity index is 623. The van der Waals surface area contributed by atoms with Crippen LogP contribution in [0.3, 0.4) is 0 Å². The Kier molecular flexibility index (Phi) is 3.33. The van der Waals surface area contributed by atoms with Crippen LogP contribution in [0.4, 0.5) is 0 Å². The molecule has 2 heterocycles. The number of furan rings is 1. The summed E-state index contributed by atoms with van der Waals surface area (Å²) in [5.41, 5.74) is 0.731. The number of para-hydroxylation sites is 1. The molecule has 1 N–H and O–H groups in total. The van der Waals surface area contributed by atoms with E-state index in [9.17, 15) is 4.79 Å². The lowest BCUT2D eigenvalue weighted by atomic mass is 10.2. The molecule has 1 saturated heterocycles. The minimum Gasteiger partial charge on any atom is -0.450 e. The fraction of sp³-hybridized carbons (Fsp3) is 0.357. The fourth-order valence-electron chi connectivity index (χ4n) is 2.41. The van der Waals surface area contributed by atoms with Gasteiger partial charge in [0.1, 0.15) is 5.58 Å². The summed E-state index contributed by atoms with van der Waals surface area (Å²) in [6.07, 6.45) is 0. The molecule has 100 valence electrons. The molecule has 1 amide bonds. The molecule has 0 spiro atoms. The molecule has 1 fully saturated rings. The second-order valence-electron chi connectivity index (χ2n) is 4.88. The summed E-state index contributed by atoms with van der Waals surface area (Å²) < 4.78 is 6.56. The number of nitrogens with zero attached hydrogens (tertiary/aromatic N) is 1. The van der Waals surface area contributed by atoms with Crippen LogP contribution >= 0.6 is 15.9 Å². The second-order valence-corrected chi connectivity index (χ2v) is 5.73. The Labute approximate surface area is 119 Å². The predicted octanol–water partition coefficient (Wildman–Crippen LogP) is 2.63. The Morgan fingerprint density at radius 1 is 1.53 bits per heavy atom. The zero-order chi connectivity index (χ0) is 13.4. The molecule has 1 atom stereocenters. The number of piperazine rings is 1. The summed E-state index contributed by atoms with van der Waals surface area (Å²) >= 11 is 3.44. The summed E-state index contributed by atoms with van der Waals surface area (Å²) in [5.74, 6) is 0.382. The van der Waals surface area contributed by atoms with Crippen molar-refractivity contribution < 1.29 is 9.21 Å². The topological polar surface area (TPSA) is 45.5 Å². The third-order valence-electron chi connectivity index (χ3n) is 3.36. The molecular weight excluding hydrogens is 308 g/mol. The lowest BCUT2D eigenvalue weighted by molar-refractivity contribution is 0.0679. The van der Waals surface area contributed by atoms with E-state index in [0.29, 0.717) is 11.8 Å². The maximum absolute atomic E-state index is 12.4. The van der Waals surface area contributed by atoms with E-state index in [1.54, 1.807) is 0 Å². The maximum Gasteiger partial charge on any atom is 0.289 e. The zero-order valence-electron chi connectivity index (χ0n) is 10.6. The molecule has 0 saturated carbocycles. The Morgan fingerprint density at radius 2 is 2.37 bits per heavy atom. The van der Waals surface area contributed by atoms with Crippen molar-refractivity contribution >= 4 is 32.8 Å². The van der Waals surface area contributed by atoms with Gasteiger partial charge in [-0.1, -0.05) is 12.1 Å². The number of hydrogen-bond acceptors (Lipinski definition) is 3. The molecule has 3 rings (SSSR count). The van der Waals surface area contributed by atoms with Crippen LogP contribution in [-0.4, -0.2) is 36.5 Å². The van der Waals surface area contributed by atoms with Crippen molar-refractivity contribution in [3.8, 4) is 0 Å². The number of benzene rings is 1. The third-order valence-corrected chi connectivity index (χ3v) is 3.99. The number of fused-ring (bicyclic) bond motifs is 1. The summed E-state index contributed by atoms with van der Waals surface area (Å²) in [5, 5.41) is 4.27. The van der Waals surface area contributed by atoms with Crippen LogP contribution in [0.1, 0.15) is 17.5 Å². The number of carbonyl (C=O) groups is 1. The zero-order valence-corrected chi connectivity index (χ0v) is 12.2. The summed E-state index contributed by atoms with van der Waals surface area (Å²) in [6, 6.07) is 7.93. The number of hydrogen-bond donors (Lipinski definition) is 1. The van der Waals surface area contributed by atoms with Crippen molar-refractivity contribution in [1.29, 1.82) is 0 Å². The highest BCUT2D eigenvalue weighted by Gasteiger charge is 2.24. The maximum atomic E-state index is 12.4. The van der Waals surface area contributed by atoms with Gasteiger partial charge in [0, 0.05) is 31.1 Å². The first-order valence-corrected chi connectivity index (χ1v) is 7.15. The molecule has 5 heteroatoms. The highest BCUT2D eigenvalue weighted by molar-refractivity contribution is 9.10. The first-order chi connectivity index (χ1) is 9.15. The van der Waals surface area contributed by atoms with Gasteiger partial charge in [0.2, 0.25) is 0 Å². The first-order valence-electron chi connectivity index (χ1n) is 6.36. The molecule has 1 aliphatic rings. The van der Waals surface area contributed by atoms with Gasteiger partial charge in [-0.3, -0.25) is 4.79 Å². The van der Waals surface area contributed by atoms with Gasteiger partial charge in [0.15, 0.2) is 5.76 Å². The average molecular weight is 323 g/mol. The van der Waals surface area contributed by atoms with Gasteiger partial charge in [-0.05, 0) is 35.0 Å². The molecular formula is C14H15BrN2O2. The fourth-order valence-corrected chi connectivity index (χ4v) is 2.87. The number of nitrogens with one attached hydrogen (secondary N) is 1. The largest absolute Gasteiger partial charge is 0.450 e. The molecule has 0 bridgehead atoms. The standard InChI is InChI=1S/C14H15BrN2O2/c1-9-8-17(6-5-16-9)14(18)12-7-10-3-2-4-11(15)13(10)19-12/h2-4,7,9,16H,5-6,8H2,1H3/t9-/m1/s1. The van der Waals surface area contributed by atoms with E-state index in [-0.39, 0.29) is 5.91 Å². The number of carbonyl (C=O) groups excluding carboxylic acids is 1. The summed E-state index contributed by atoms with van der Waals surface area (Å²) in [4.78, 5) is 14.3. The van der Waals surface area contributed by atoms with E-state index in [2.05, 4.69) is 28.2 Å². The van der Waals surface area contributed by atoms with Crippen LogP contribution in [-0.2, 0) is 0 Å². The number of rotatable bonds is 1. The molecule has 2 aromatic rings. The van der Waals surface area contributed by atoms with Crippen LogP contribution < -0.4 is 5.32 Å². The van der Waals surface area contributed by atoms with Crippen LogP contribution in [0, 0.1) is 0 Å². The first kappa shape index (κ1) is 12.7. The SMILES string of the molecule is C[C@@H]1CN(C(=O)c2cc3cccc(Br)c3o2)CCN1. The van der Waals surface area contributed by atoms with Crippen molar-refractivity contribution in [3.05, 3.63) is 34.5 Å². The molecule has 1 aromatic heterocycles. The van der Waals surface area contributed by atoms with E-state index in [0.717, 1.165) is 35.1 Å². The van der Waals surface area contributed by atoms with Crippen molar-refractivity contribution in [1.82, 2.24) is 10.2 Å². The predicted molar refractivity (Wildman–Crippen MR) is 77.3 cm³/mol. The Hall–Kier alpha value is -1.33. The minimum atomic E-state index is -0.0311. The van der Waals surface area contributed by atoms with Gasteiger partial charge in [-0.25, -0.2) is 0 Å². The van der Waals surface area contributed by atoms with Gasteiger partial charge in [0.25, 0.3) is 5.91 Å². The van der Waals surface area contributed by atoms with E-state index in [1.807, 2.05) is 29.2 Å². The smallest absolute Gasteiger partial charge is 0.289 e. The van der Waals surface area contributed by atoms with E-state index >= 15 is 0 Å². The van der Waals surface area contributed by atoms with Crippen molar-refractivity contribution in [2.45, 2.75) is 13.0 Å². The van der Waals surface area contributed by atoms with Gasteiger partial charge in [-0.2, -0.15) is 0 Å². The highest BCUT2D eigenvalue weighted by Crippen LogP contribution is 2.27. The quantitative estimate of drug-likeness (QED) is 0.877. The highest BCUT2D eigenvalue weighted by atomic mass is 79.9. The van der Waals surface area contributed by atoms with Gasteiger partial charge in [0.05, 0.1) is 4.47 Å². The monoisotopic (exact) mass is 322 g/mol. The molecule has 1 aromatic carbocycles. The number of halogens is 1. The van der Waals surface area contributed by atoms with Crippen LogP contribution in [0.15, 0.2) is 33.2 Å². The minimum absolute atomic E-state index is 0.0311. The van der Waals surface area contributed by atoms with Gasteiger partial charge < -0.3 is 14.6 Å². The van der Waals surface area contributed by atoms with E-state index < -0.39 is 0 Å². The number of amides is 1. The third kappa shape index (κ3) is 2.40. The average Bonchev–Trinajstić information content (AvgIpc) is 2.83. The molecule has 0 radical (unpaired) electrons. The molecule has 19 heavy (non-hydrogen) atoms. The van der Waals surface area contributed by atoms with Crippen LogP contribution in [0.25, 0.3) is 11.0 Å². The summed E-state index contributed by atoms with van der Waals surface area (Å²) in [7, 11) is 0. The molecule has 1 aliphatic heterocycles. The lowest BCUT2D eigenvalue weighted by Gasteiger charge is -2.31. The Morgan fingerprint density at radius 3 is 3.11 bits per heavy atom. The van der Waals surface area contributed by atoms with Crippen molar-refractivity contribution in [2.24, 2.45) is 0 Å². The second kappa shape index (κ2) is 4.98. The van der Waals surface area contributed by atoms with Crippen LogP contribution in [0.5, 0.6) is 0 Å². The Balaban J connectivity index is 1.91. The van der Waals surface area contributed by atoms with Crippen molar-refractivity contribution in [2.75, 3.05) is 19.6 Å².